The summed E-state index contributed by atoms with van der Waals surface area (Å²) in [6.07, 6.45) is 1.51. The van der Waals surface area contributed by atoms with Crippen LogP contribution in [0.25, 0.3) is 11.4 Å². The summed E-state index contributed by atoms with van der Waals surface area (Å²) < 4.78 is 5.13. The minimum absolute atomic E-state index is 0.0780. The quantitative estimate of drug-likeness (QED) is 0.834. The molecular formula is C12H14N2O3. The van der Waals surface area contributed by atoms with Gasteiger partial charge in [0.2, 0.25) is 5.88 Å². The Labute approximate surface area is 98.1 Å². The molecule has 5 heteroatoms. The molecule has 0 atom stereocenters. The molecule has 0 amide bonds. The zero-order valence-electron chi connectivity index (χ0n) is 9.94. The second kappa shape index (κ2) is 4.08. The number of hydrogen-bond donors (Lipinski definition) is 2. The number of H-pyrrole nitrogens is 1. The summed E-state index contributed by atoms with van der Waals surface area (Å²) in [6.45, 7) is 5.42. The van der Waals surface area contributed by atoms with Gasteiger partial charge in [0.25, 0.3) is 5.56 Å². The van der Waals surface area contributed by atoms with Crippen LogP contribution in [0.5, 0.6) is 5.88 Å². The summed E-state index contributed by atoms with van der Waals surface area (Å²) in [5, 5.41) is 9.77. The topological polar surface area (TPSA) is 79.1 Å². The van der Waals surface area contributed by atoms with Crippen LogP contribution in [0.3, 0.4) is 0 Å². The number of aromatic amines is 1. The molecule has 90 valence electrons. The fourth-order valence-electron chi connectivity index (χ4n) is 1.75. The van der Waals surface area contributed by atoms with E-state index in [0.29, 0.717) is 22.7 Å². The van der Waals surface area contributed by atoms with Crippen molar-refractivity contribution in [2.75, 3.05) is 0 Å². The van der Waals surface area contributed by atoms with Crippen molar-refractivity contribution < 1.29 is 9.52 Å². The van der Waals surface area contributed by atoms with Gasteiger partial charge in [0.1, 0.15) is 11.6 Å². The highest BCUT2D eigenvalue weighted by atomic mass is 16.3. The van der Waals surface area contributed by atoms with E-state index in [1.165, 1.54) is 6.26 Å². The van der Waals surface area contributed by atoms with E-state index in [2.05, 4.69) is 9.97 Å². The molecule has 2 rings (SSSR count). The van der Waals surface area contributed by atoms with Crippen LogP contribution in [0.15, 0.2) is 21.5 Å². The molecule has 17 heavy (non-hydrogen) atoms. The van der Waals surface area contributed by atoms with Crippen LogP contribution in [0.1, 0.15) is 31.1 Å². The standard InChI is InChI=1S/C12H14N2O3/c1-6(2)9-11(15)13-10(14-12(9)16)8-4-5-17-7(8)3/h4-6H,1-3H3,(H2,13,14,15,16). The summed E-state index contributed by atoms with van der Waals surface area (Å²) in [4.78, 5) is 18.5. The minimum Gasteiger partial charge on any atom is -0.493 e. The molecule has 0 aliphatic rings. The zero-order valence-corrected chi connectivity index (χ0v) is 9.94. The van der Waals surface area contributed by atoms with Crippen molar-refractivity contribution in [1.82, 2.24) is 9.97 Å². The lowest BCUT2D eigenvalue weighted by Crippen LogP contribution is -2.16. The van der Waals surface area contributed by atoms with Gasteiger partial charge in [-0.05, 0) is 18.9 Å². The van der Waals surface area contributed by atoms with Crippen molar-refractivity contribution in [3.05, 3.63) is 34.0 Å². The molecule has 0 saturated heterocycles. The van der Waals surface area contributed by atoms with E-state index < -0.39 is 0 Å². The highest BCUT2D eigenvalue weighted by molar-refractivity contribution is 5.57. The molecule has 0 spiro atoms. The zero-order chi connectivity index (χ0) is 12.6. The maximum Gasteiger partial charge on any atom is 0.258 e. The molecule has 0 aliphatic carbocycles. The molecule has 5 nitrogen and oxygen atoms in total. The number of rotatable bonds is 2. The summed E-state index contributed by atoms with van der Waals surface area (Å²) in [5.41, 5.74) is 0.658. The van der Waals surface area contributed by atoms with Crippen LogP contribution in [0.2, 0.25) is 0 Å². The van der Waals surface area contributed by atoms with Gasteiger partial charge >= 0.3 is 0 Å². The predicted molar refractivity (Wildman–Crippen MR) is 63.1 cm³/mol. The maximum atomic E-state index is 11.8. The van der Waals surface area contributed by atoms with Crippen LogP contribution in [0, 0.1) is 6.92 Å². The maximum absolute atomic E-state index is 11.8. The van der Waals surface area contributed by atoms with E-state index in [1.54, 1.807) is 13.0 Å². The summed E-state index contributed by atoms with van der Waals surface area (Å²) in [6, 6.07) is 1.70. The molecule has 2 N–H and O–H groups in total. The Morgan fingerprint density at radius 2 is 2.18 bits per heavy atom. The Balaban J connectivity index is 2.61. The van der Waals surface area contributed by atoms with E-state index in [9.17, 15) is 9.90 Å². The smallest absolute Gasteiger partial charge is 0.258 e. The van der Waals surface area contributed by atoms with Gasteiger partial charge in [-0.2, -0.15) is 4.98 Å². The summed E-state index contributed by atoms with van der Waals surface area (Å²) >= 11 is 0. The largest absolute Gasteiger partial charge is 0.493 e. The average molecular weight is 234 g/mol. The van der Waals surface area contributed by atoms with Gasteiger partial charge in [-0.1, -0.05) is 13.8 Å². The van der Waals surface area contributed by atoms with Gasteiger partial charge in [0, 0.05) is 0 Å². The van der Waals surface area contributed by atoms with Gasteiger partial charge < -0.3 is 14.5 Å². The van der Waals surface area contributed by atoms with E-state index in [4.69, 9.17) is 4.42 Å². The summed E-state index contributed by atoms with van der Waals surface area (Å²) in [5.74, 6) is 0.665. The van der Waals surface area contributed by atoms with Crippen LogP contribution >= 0.6 is 0 Å². The average Bonchev–Trinajstić information content (AvgIpc) is 2.62. The predicted octanol–water partition coefficient (Wildman–Crippen LogP) is 2.17. The van der Waals surface area contributed by atoms with Crippen LogP contribution < -0.4 is 5.56 Å². The van der Waals surface area contributed by atoms with Gasteiger partial charge in [-0.3, -0.25) is 4.79 Å². The number of nitrogens with one attached hydrogen (secondary N) is 1. The first kappa shape index (κ1) is 11.4. The number of furan rings is 1. The van der Waals surface area contributed by atoms with Crippen molar-refractivity contribution in [1.29, 1.82) is 0 Å². The second-order valence-corrected chi connectivity index (χ2v) is 4.20. The number of aromatic nitrogens is 2. The Hall–Kier alpha value is -2.04. The molecule has 0 bridgehead atoms. The number of aryl methyl sites for hydroxylation is 1. The van der Waals surface area contributed by atoms with Crippen molar-refractivity contribution in [2.24, 2.45) is 0 Å². The highest BCUT2D eigenvalue weighted by Crippen LogP contribution is 2.24. The molecule has 0 fully saturated rings. The van der Waals surface area contributed by atoms with Crippen molar-refractivity contribution in [3.8, 4) is 17.3 Å². The monoisotopic (exact) mass is 234 g/mol. The third kappa shape index (κ3) is 1.95. The normalized spacial score (nSPS) is 11.1. The first-order chi connectivity index (χ1) is 8.00. The van der Waals surface area contributed by atoms with Crippen LogP contribution in [-0.2, 0) is 0 Å². The van der Waals surface area contributed by atoms with Crippen LogP contribution in [-0.4, -0.2) is 15.1 Å². The van der Waals surface area contributed by atoms with Crippen molar-refractivity contribution in [3.63, 3.8) is 0 Å². The van der Waals surface area contributed by atoms with E-state index in [0.717, 1.165) is 0 Å². The van der Waals surface area contributed by atoms with E-state index in [1.807, 2.05) is 13.8 Å². The molecule has 0 unspecified atom stereocenters. The van der Waals surface area contributed by atoms with Crippen molar-refractivity contribution in [2.45, 2.75) is 26.7 Å². The first-order valence-corrected chi connectivity index (χ1v) is 5.38. The van der Waals surface area contributed by atoms with Gasteiger partial charge in [0.15, 0.2) is 0 Å². The SMILES string of the molecule is Cc1occc1-c1nc(O)c(C(C)C)c(=O)[nH]1. The lowest BCUT2D eigenvalue weighted by atomic mass is 10.1. The van der Waals surface area contributed by atoms with Gasteiger partial charge in [0.05, 0.1) is 17.4 Å². The minimum atomic E-state index is -0.317. The van der Waals surface area contributed by atoms with Crippen LogP contribution in [0.4, 0.5) is 0 Å². The fourth-order valence-corrected chi connectivity index (χ4v) is 1.75. The Morgan fingerprint density at radius 1 is 1.47 bits per heavy atom. The first-order valence-electron chi connectivity index (χ1n) is 5.38. The Kier molecular flexibility index (Phi) is 2.75. The molecule has 0 saturated carbocycles. The molecular weight excluding hydrogens is 220 g/mol. The Bertz CT molecular complexity index is 596. The summed E-state index contributed by atoms with van der Waals surface area (Å²) in [7, 11) is 0. The Morgan fingerprint density at radius 3 is 2.65 bits per heavy atom. The van der Waals surface area contributed by atoms with E-state index >= 15 is 0 Å². The molecule has 2 heterocycles. The third-order valence-corrected chi connectivity index (χ3v) is 2.63. The molecule has 0 radical (unpaired) electrons. The molecule has 2 aromatic heterocycles. The molecule has 2 aromatic rings. The number of nitrogens with zero attached hydrogens (tertiary/aromatic N) is 1. The highest BCUT2D eigenvalue weighted by Gasteiger charge is 2.16. The van der Waals surface area contributed by atoms with Gasteiger partial charge in [-0.15, -0.1) is 0 Å². The number of aromatic hydroxyl groups is 1. The fraction of sp³-hybridized carbons (Fsp3) is 0.333. The lowest BCUT2D eigenvalue weighted by molar-refractivity contribution is 0.440. The third-order valence-electron chi connectivity index (χ3n) is 2.63. The lowest BCUT2D eigenvalue weighted by Gasteiger charge is -2.07. The van der Waals surface area contributed by atoms with E-state index in [-0.39, 0.29) is 17.4 Å². The number of hydrogen-bond acceptors (Lipinski definition) is 4. The van der Waals surface area contributed by atoms with Gasteiger partial charge in [-0.25, -0.2) is 0 Å². The molecule has 0 aliphatic heterocycles. The second-order valence-electron chi connectivity index (χ2n) is 4.20. The molecule has 0 aromatic carbocycles. The van der Waals surface area contributed by atoms with Crippen molar-refractivity contribution >= 4 is 0 Å².